The van der Waals surface area contributed by atoms with Crippen LogP contribution in [0.25, 0.3) is 0 Å². The van der Waals surface area contributed by atoms with Crippen molar-refractivity contribution in [2.45, 2.75) is 25.1 Å². The summed E-state index contributed by atoms with van der Waals surface area (Å²) in [5, 5.41) is 5.92. The predicted octanol–water partition coefficient (Wildman–Crippen LogP) is 1.23. The molecule has 1 aromatic rings. The maximum atomic E-state index is 11.9. The van der Waals surface area contributed by atoms with Gasteiger partial charge in [-0.1, -0.05) is 5.16 Å². The van der Waals surface area contributed by atoms with E-state index in [4.69, 9.17) is 9.26 Å². The number of hydrogen-bond donors (Lipinski definition) is 1. The van der Waals surface area contributed by atoms with Crippen LogP contribution in [0.1, 0.15) is 24.1 Å². The van der Waals surface area contributed by atoms with Gasteiger partial charge in [-0.2, -0.15) is 18.2 Å². The van der Waals surface area contributed by atoms with Crippen LogP contribution in [0.4, 0.5) is 13.2 Å². The number of halogens is 3. The van der Waals surface area contributed by atoms with Crippen LogP contribution in [0, 0.1) is 0 Å². The van der Waals surface area contributed by atoms with Gasteiger partial charge in [0, 0.05) is 12.5 Å². The minimum Gasteiger partial charge on any atom is -0.381 e. The Morgan fingerprint density at radius 1 is 1.41 bits per heavy atom. The molecule has 1 N–H and O–H groups in total. The zero-order valence-corrected chi connectivity index (χ0v) is 8.96. The first-order valence-corrected chi connectivity index (χ1v) is 5.22. The van der Waals surface area contributed by atoms with Gasteiger partial charge >= 0.3 is 6.18 Å². The molecule has 5 nitrogen and oxygen atoms in total. The lowest BCUT2D eigenvalue weighted by atomic mass is 10.1. The van der Waals surface area contributed by atoms with E-state index in [1.165, 1.54) is 0 Å². The van der Waals surface area contributed by atoms with Gasteiger partial charge in [-0.05, 0) is 6.42 Å². The predicted molar refractivity (Wildman–Crippen MR) is 50.2 cm³/mol. The quantitative estimate of drug-likeness (QED) is 0.872. The van der Waals surface area contributed by atoms with Crippen molar-refractivity contribution in [1.82, 2.24) is 15.5 Å². The SMILES string of the molecule is FC(F)(F)CNCc1nc(C2CCOC2)no1. The molecule has 1 fully saturated rings. The summed E-state index contributed by atoms with van der Waals surface area (Å²) in [6.45, 7) is 0.0349. The summed E-state index contributed by atoms with van der Waals surface area (Å²) in [6, 6.07) is 0. The first-order chi connectivity index (χ1) is 8.04. The summed E-state index contributed by atoms with van der Waals surface area (Å²) in [5.74, 6) is 0.762. The van der Waals surface area contributed by atoms with Crippen molar-refractivity contribution in [3.05, 3.63) is 11.7 Å². The average Bonchev–Trinajstić information content (AvgIpc) is 2.83. The van der Waals surface area contributed by atoms with Gasteiger partial charge in [0.1, 0.15) is 0 Å². The maximum Gasteiger partial charge on any atom is 0.401 e. The lowest BCUT2D eigenvalue weighted by molar-refractivity contribution is -0.125. The Hall–Kier alpha value is -1.15. The summed E-state index contributed by atoms with van der Waals surface area (Å²) < 4.78 is 45.6. The highest BCUT2D eigenvalue weighted by molar-refractivity contribution is 4.97. The molecular formula is C9H12F3N3O2. The molecule has 0 amide bonds. The Labute approximate surface area is 95.3 Å². The molecule has 8 heteroatoms. The lowest BCUT2D eigenvalue weighted by Crippen LogP contribution is -2.28. The lowest BCUT2D eigenvalue weighted by Gasteiger charge is -2.05. The smallest absolute Gasteiger partial charge is 0.381 e. The van der Waals surface area contributed by atoms with Crippen LogP contribution in [-0.2, 0) is 11.3 Å². The number of ether oxygens (including phenoxy) is 1. The fourth-order valence-electron chi connectivity index (χ4n) is 1.55. The molecule has 1 aliphatic rings. The van der Waals surface area contributed by atoms with Crippen LogP contribution in [0.2, 0.25) is 0 Å². The third-order valence-electron chi connectivity index (χ3n) is 2.38. The second-order valence-corrected chi connectivity index (χ2v) is 3.83. The highest BCUT2D eigenvalue weighted by Gasteiger charge is 2.27. The second-order valence-electron chi connectivity index (χ2n) is 3.83. The van der Waals surface area contributed by atoms with Crippen LogP contribution < -0.4 is 5.32 Å². The standard InChI is InChI=1S/C9H12F3N3O2/c10-9(11,12)5-13-3-7-14-8(15-17-7)6-1-2-16-4-6/h6,13H,1-5H2. The van der Waals surface area contributed by atoms with E-state index < -0.39 is 12.7 Å². The first kappa shape index (κ1) is 12.3. The van der Waals surface area contributed by atoms with Crippen LogP contribution in [0.3, 0.4) is 0 Å². The highest BCUT2D eigenvalue weighted by Crippen LogP contribution is 2.22. The molecule has 1 atom stereocenters. The van der Waals surface area contributed by atoms with Gasteiger partial charge in [0.25, 0.3) is 0 Å². The fraction of sp³-hybridized carbons (Fsp3) is 0.778. The summed E-state index contributed by atoms with van der Waals surface area (Å²) in [7, 11) is 0. The fourth-order valence-corrected chi connectivity index (χ4v) is 1.55. The topological polar surface area (TPSA) is 60.2 Å². The molecule has 2 rings (SSSR count). The summed E-state index contributed by atoms with van der Waals surface area (Å²) in [5.41, 5.74) is 0. The molecule has 0 spiro atoms. The number of nitrogens with one attached hydrogen (secondary N) is 1. The third kappa shape index (κ3) is 3.67. The van der Waals surface area contributed by atoms with Crippen LogP contribution in [-0.4, -0.2) is 36.1 Å². The van der Waals surface area contributed by atoms with Crippen molar-refractivity contribution in [2.75, 3.05) is 19.8 Å². The molecule has 0 aliphatic carbocycles. The Bertz CT molecular complexity index is 361. The largest absolute Gasteiger partial charge is 0.401 e. The van der Waals surface area contributed by atoms with E-state index in [1.807, 2.05) is 0 Å². The minimum atomic E-state index is -4.23. The van der Waals surface area contributed by atoms with Crippen molar-refractivity contribution in [3.63, 3.8) is 0 Å². The Morgan fingerprint density at radius 3 is 2.88 bits per heavy atom. The monoisotopic (exact) mass is 251 g/mol. The zero-order chi connectivity index (χ0) is 12.3. The Kier molecular flexibility index (Phi) is 3.63. The zero-order valence-electron chi connectivity index (χ0n) is 8.96. The summed E-state index contributed by atoms with van der Waals surface area (Å²) in [6.07, 6.45) is -3.42. The third-order valence-corrected chi connectivity index (χ3v) is 2.38. The van der Waals surface area contributed by atoms with Crippen molar-refractivity contribution in [2.24, 2.45) is 0 Å². The highest BCUT2D eigenvalue weighted by atomic mass is 19.4. The molecule has 0 saturated carbocycles. The van der Waals surface area contributed by atoms with Gasteiger partial charge in [0.2, 0.25) is 5.89 Å². The van der Waals surface area contributed by atoms with E-state index in [0.29, 0.717) is 19.0 Å². The number of hydrogen-bond acceptors (Lipinski definition) is 5. The minimum absolute atomic E-state index is 0.0832. The molecule has 2 heterocycles. The van der Waals surface area contributed by atoms with Gasteiger partial charge < -0.3 is 14.6 Å². The summed E-state index contributed by atoms with van der Waals surface area (Å²) >= 11 is 0. The normalized spacial score (nSPS) is 21.0. The molecule has 1 saturated heterocycles. The van der Waals surface area contributed by atoms with E-state index >= 15 is 0 Å². The molecule has 1 unspecified atom stereocenters. The van der Waals surface area contributed by atoms with Gasteiger partial charge in [0.05, 0.1) is 19.7 Å². The molecule has 1 aliphatic heterocycles. The Balaban J connectivity index is 1.81. The average molecular weight is 251 g/mol. The van der Waals surface area contributed by atoms with Crippen LogP contribution >= 0.6 is 0 Å². The summed E-state index contributed by atoms with van der Waals surface area (Å²) in [4.78, 5) is 4.02. The van der Waals surface area contributed by atoms with Crippen molar-refractivity contribution in [1.29, 1.82) is 0 Å². The van der Waals surface area contributed by atoms with Crippen molar-refractivity contribution in [3.8, 4) is 0 Å². The van der Waals surface area contributed by atoms with E-state index in [9.17, 15) is 13.2 Å². The van der Waals surface area contributed by atoms with Gasteiger partial charge in [-0.15, -0.1) is 0 Å². The second kappa shape index (κ2) is 5.01. The molecule has 0 bridgehead atoms. The molecular weight excluding hydrogens is 239 g/mol. The van der Waals surface area contributed by atoms with E-state index in [-0.39, 0.29) is 18.4 Å². The van der Waals surface area contributed by atoms with Gasteiger partial charge in [-0.25, -0.2) is 0 Å². The number of rotatable bonds is 4. The first-order valence-electron chi connectivity index (χ1n) is 5.22. The van der Waals surface area contributed by atoms with E-state index in [0.717, 1.165) is 6.42 Å². The number of alkyl halides is 3. The maximum absolute atomic E-state index is 11.9. The number of aromatic nitrogens is 2. The van der Waals surface area contributed by atoms with Gasteiger partial charge in [-0.3, -0.25) is 0 Å². The molecule has 17 heavy (non-hydrogen) atoms. The molecule has 1 aromatic heterocycles. The number of nitrogens with zero attached hydrogens (tertiary/aromatic N) is 2. The van der Waals surface area contributed by atoms with E-state index in [1.54, 1.807) is 0 Å². The Morgan fingerprint density at radius 2 is 2.24 bits per heavy atom. The van der Waals surface area contributed by atoms with Crippen molar-refractivity contribution >= 4 is 0 Å². The van der Waals surface area contributed by atoms with Crippen LogP contribution in [0.15, 0.2) is 4.52 Å². The molecule has 0 radical (unpaired) electrons. The van der Waals surface area contributed by atoms with Crippen molar-refractivity contribution < 1.29 is 22.4 Å². The van der Waals surface area contributed by atoms with E-state index in [2.05, 4.69) is 15.5 Å². The molecule has 0 aromatic carbocycles. The van der Waals surface area contributed by atoms with Gasteiger partial charge in [0.15, 0.2) is 5.82 Å². The molecule has 96 valence electrons. The van der Waals surface area contributed by atoms with Crippen LogP contribution in [0.5, 0.6) is 0 Å².